The molecule has 2 aromatic heterocycles. The zero-order valence-corrected chi connectivity index (χ0v) is 14.6. The fourth-order valence-corrected chi connectivity index (χ4v) is 2.86. The van der Waals surface area contributed by atoms with Crippen molar-refractivity contribution in [1.29, 1.82) is 5.26 Å². The van der Waals surface area contributed by atoms with Gasteiger partial charge in [-0.1, -0.05) is 24.3 Å². The van der Waals surface area contributed by atoms with Gasteiger partial charge < -0.3 is 8.83 Å². The first kappa shape index (κ1) is 18.5. The molecular weight excluding hydrogens is 385 g/mol. The second-order valence-corrected chi connectivity index (χ2v) is 6.19. The summed E-state index contributed by atoms with van der Waals surface area (Å²) in [6.07, 6.45) is -4.50. The average Bonchev–Trinajstić information content (AvgIpc) is 3.35. The minimum absolute atomic E-state index is 0.0734. The fraction of sp³-hybridized carbons (Fsp3) is 0.0952. The monoisotopic (exact) mass is 396 g/mol. The number of nitrogens with zero attached hydrogens (tertiary/aromatic N) is 2. The number of oxazole rings is 1. The van der Waals surface area contributed by atoms with Crippen molar-refractivity contribution in [2.45, 2.75) is 12.1 Å². The van der Waals surface area contributed by atoms with Gasteiger partial charge in [0.05, 0.1) is 11.6 Å². The van der Waals surface area contributed by atoms with Crippen LogP contribution in [0.25, 0.3) is 22.4 Å². The summed E-state index contributed by atoms with van der Waals surface area (Å²) in [5, 5.41) is 9.45. The first-order valence-electron chi connectivity index (χ1n) is 8.43. The van der Waals surface area contributed by atoms with Gasteiger partial charge in [-0.15, -0.1) is 0 Å². The van der Waals surface area contributed by atoms with Crippen LogP contribution in [0.3, 0.4) is 0 Å². The van der Waals surface area contributed by atoms with E-state index in [1.54, 1.807) is 24.3 Å². The molecule has 8 heteroatoms. The summed E-state index contributed by atoms with van der Waals surface area (Å²) < 4.78 is 49.6. The Morgan fingerprint density at radius 1 is 1.03 bits per heavy atom. The molecule has 0 N–H and O–H groups in total. The van der Waals surface area contributed by atoms with Crippen molar-refractivity contribution in [2.75, 3.05) is 0 Å². The van der Waals surface area contributed by atoms with Gasteiger partial charge >= 0.3 is 6.18 Å². The van der Waals surface area contributed by atoms with Crippen molar-refractivity contribution in [3.63, 3.8) is 0 Å². The van der Waals surface area contributed by atoms with E-state index in [2.05, 4.69) is 4.98 Å². The third kappa shape index (κ3) is 3.50. The van der Waals surface area contributed by atoms with E-state index in [-0.39, 0.29) is 23.0 Å². The quantitative estimate of drug-likeness (QED) is 0.420. The maximum Gasteiger partial charge on any atom is 0.416 e. The van der Waals surface area contributed by atoms with Crippen molar-refractivity contribution in [3.8, 4) is 17.4 Å². The molecule has 5 nitrogen and oxygen atoms in total. The number of furan rings is 1. The van der Waals surface area contributed by atoms with Gasteiger partial charge in [-0.3, -0.25) is 4.79 Å². The number of Topliss-reactive ketones (excluding diaryl/α,β-unsaturated/α-hetero) is 1. The van der Waals surface area contributed by atoms with Crippen molar-refractivity contribution in [3.05, 3.63) is 77.9 Å². The number of alkyl halides is 3. The molecule has 0 aliphatic carbocycles. The smallest absolute Gasteiger partial charge is 0.416 e. The third-order valence-electron chi connectivity index (χ3n) is 4.27. The molecule has 0 aliphatic heterocycles. The minimum Gasteiger partial charge on any atom is -0.453 e. The Balaban J connectivity index is 1.65. The van der Waals surface area contributed by atoms with Crippen molar-refractivity contribution < 1.29 is 26.8 Å². The molecule has 4 rings (SSSR count). The van der Waals surface area contributed by atoms with E-state index in [1.807, 2.05) is 6.07 Å². The van der Waals surface area contributed by atoms with Gasteiger partial charge in [0.15, 0.2) is 17.3 Å². The molecule has 0 amide bonds. The lowest BCUT2D eigenvalue weighted by Crippen LogP contribution is -2.10. The zero-order valence-electron chi connectivity index (χ0n) is 14.6. The number of aromatic nitrogens is 1. The molecular formula is C21H11F3N2O3. The summed E-state index contributed by atoms with van der Waals surface area (Å²) in [6, 6.07) is 15.9. The van der Waals surface area contributed by atoms with Crippen molar-refractivity contribution in [2.24, 2.45) is 0 Å². The molecule has 29 heavy (non-hydrogen) atoms. The highest BCUT2D eigenvalue weighted by Crippen LogP contribution is 2.33. The van der Waals surface area contributed by atoms with Crippen LogP contribution in [0.5, 0.6) is 0 Å². The molecule has 0 saturated heterocycles. The van der Waals surface area contributed by atoms with Crippen LogP contribution in [0.4, 0.5) is 13.2 Å². The van der Waals surface area contributed by atoms with E-state index in [1.165, 1.54) is 24.3 Å². The molecule has 0 spiro atoms. The molecule has 0 saturated carbocycles. The first-order valence-corrected chi connectivity index (χ1v) is 8.43. The van der Waals surface area contributed by atoms with Gasteiger partial charge in [-0.2, -0.15) is 18.4 Å². The highest BCUT2D eigenvalue weighted by atomic mass is 19.4. The first-order chi connectivity index (χ1) is 13.9. The molecule has 1 unspecified atom stereocenters. The number of hydrogen-bond acceptors (Lipinski definition) is 5. The van der Waals surface area contributed by atoms with Crippen molar-refractivity contribution in [1.82, 2.24) is 4.98 Å². The topological polar surface area (TPSA) is 80.0 Å². The average molecular weight is 396 g/mol. The van der Waals surface area contributed by atoms with Crippen molar-refractivity contribution >= 4 is 16.9 Å². The van der Waals surface area contributed by atoms with Crippen LogP contribution in [0.2, 0.25) is 0 Å². The standard InChI is InChI=1S/C21H11F3N2O3/c22-21(23,24)13-5-3-4-12(10-13)16-8-9-18(28-16)19(27)14(11-25)20-26-15-6-1-2-7-17(15)29-20/h1-10,14H. The number of para-hydroxylation sites is 2. The molecule has 2 aromatic carbocycles. The Hall–Kier alpha value is -3.86. The maximum absolute atomic E-state index is 12.9. The molecule has 0 fully saturated rings. The lowest BCUT2D eigenvalue weighted by Gasteiger charge is -2.07. The SMILES string of the molecule is N#CC(C(=O)c1ccc(-c2cccc(C(F)(F)F)c2)o1)c1nc2ccccc2o1. The predicted molar refractivity (Wildman–Crippen MR) is 95.8 cm³/mol. The molecule has 144 valence electrons. The highest BCUT2D eigenvalue weighted by molar-refractivity contribution is 6.00. The predicted octanol–water partition coefficient (Wildman–Crippen LogP) is 5.60. The Kier molecular flexibility index (Phi) is 4.43. The number of rotatable bonds is 4. The number of ketones is 1. The third-order valence-corrected chi connectivity index (χ3v) is 4.27. The number of benzene rings is 2. The Morgan fingerprint density at radius 2 is 1.83 bits per heavy atom. The Morgan fingerprint density at radius 3 is 2.55 bits per heavy atom. The summed E-state index contributed by atoms with van der Waals surface area (Å²) in [6.45, 7) is 0. The summed E-state index contributed by atoms with van der Waals surface area (Å²) in [5.41, 5.74) is 0.259. The number of nitriles is 1. The Bertz CT molecular complexity index is 1210. The van der Waals surface area contributed by atoms with Gasteiger partial charge in [0.1, 0.15) is 11.3 Å². The van der Waals surface area contributed by atoms with Gasteiger partial charge in [0.25, 0.3) is 0 Å². The maximum atomic E-state index is 12.9. The van der Waals surface area contributed by atoms with Crippen LogP contribution in [0, 0.1) is 11.3 Å². The molecule has 0 bridgehead atoms. The summed E-state index contributed by atoms with van der Waals surface area (Å²) in [7, 11) is 0. The largest absolute Gasteiger partial charge is 0.453 e. The molecule has 1 atom stereocenters. The number of carbonyl (C=O) groups excluding carboxylic acids is 1. The van der Waals surface area contributed by atoms with E-state index < -0.39 is 23.4 Å². The van der Waals surface area contributed by atoms with Gasteiger partial charge in [-0.05, 0) is 36.4 Å². The zero-order chi connectivity index (χ0) is 20.6. The summed E-state index contributed by atoms with van der Waals surface area (Å²) >= 11 is 0. The van der Waals surface area contributed by atoms with Crippen LogP contribution < -0.4 is 0 Å². The van der Waals surface area contributed by atoms with Crippen LogP contribution in [0.15, 0.2) is 69.5 Å². The van der Waals surface area contributed by atoms with Gasteiger partial charge in [0.2, 0.25) is 11.7 Å². The lowest BCUT2D eigenvalue weighted by atomic mass is 10.0. The lowest BCUT2D eigenvalue weighted by molar-refractivity contribution is -0.137. The van der Waals surface area contributed by atoms with E-state index in [4.69, 9.17) is 8.83 Å². The second-order valence-electron chi connectivity index (χ2n) is 6.19. The number of hydrogen-bond donors (Lipinski definition) is 0. The molecule has 2 heterocycles. The van der Waals surface area contributed by atoms with E-state index in [0.29, 0.717) is 11.1 Å². The highest BCUT2D eigenvalue weighted by Gasteiger charge is 2.32. The van der Waals surface area contributed by atoms with Crippen LogP contribution in [-0.4, -0.2) is 10.8 Å². The van der Waals surface area contributed by atoms with Crippen LogP contribution in [-0.2, 0) is 6.18 Å². The fourth-order valence-electron chi connectivity index (χ4n) is 2.86. The molecule has 4 aromatic rings. The summed E-state index contributed by atoms with van der Waals surface area (Å²) in [5.74, 6) is -2.21. The van der Waals surface area contributed by atoms with E-state index in [0.717, 1.165) is 12.1 Å². The normalized spacial score (nSPS) is 12.6. The summed E-state index contributed by atoms with van der Waals surface area (Å²) in [4.78, 5) is 16.9. The van der Waals surface area contributed by atoms with Gasteiger partial charge in [0, 0.05) is 5.56 Å². The molecule has 0 radical (unpaired) electrons. The minimum atomic E-state index is -4.50. The number of carbonyl (C=O) groups is 1. The van der Waals surface area contributed by atoms with Crippen LogP contribution >= 0.6 is 0 Å². The van der Waals surface area contributed by atoms with E-state index >= 15 is 0 Å². The second kappa shape index (κ2) is 6.95. The Labute approximate surface area is 162 Å². The van der Waals surface area contributed by atoms with Crippen LogP contribution in [0.1, 0.15) is 27.9 Å². The van der Waals surface area contributed by atoms with E-state index in [9.17, 15) is 23.2 Å². The number of halogens is 3. The number of fused-ring (bicyclic) bond motifs is 1. The molecule has 0 aliphatic rings. The van der Waals surface area contributed by atoms with Gasteiger partial charge in [-0.25, -0.2) is 4.98 Å².